The summed E-state index contributed by atoms with van der Waals surface area (Å²) in [5.74, 6) is 2.14. The van der Waals surface area contributed by atoms with Crippen LogP contribution in [0.25, 0.3) is 0 Å². The number of hydrogen-bond donors (Lipinski definition) is 1. The molecule has 0 fully saturated rings. The van der Waals surface area contributed by atoms with Crippen LogP contribution in [0.1, 0.15) is 38.5 Å². The molecule has 4 nitrogen and oxygen atoms in total. The first kappa shape index (κ1) is 13.7. The zero-order valence-electron chi connectivity index (χ0n) is 10.1. The van der Waals surface area contributed by atoms with Crippen molar-refractivity contribution in [2.75, 3.05) is 7.11 Å². The van der Waals surface area contributed by atoms with Gasteiger partial charge in [0.2, 0.25) is 0 Å². The van der Waals surface area contributed by atoms with E-state index in [4.69, 9.17) is 4.74 Å². The zero-order valence-corrected chi connectivity index (χ0v) is 10.1. The van der Waals surface area contributed by atoms with Crippen molar-refractivity contribution in [2.45, 2.75) is 44.6 Å². The molecule has 1 rings (SSSR count). The highest BCUT2D eigenvalue weighted by Crippen LogP contribution is 2.20. The van der Waals surface area contributed by atoms with Gasteiger partial charge in [-0.1, -0.05) is 6.42 Å². The predicted octanol–water partition coefficient (Wildman–Crippen LogP) is 1.56. The smallest absolute Gasteiger partial charge is 0.179 e. The highest BCUT2D eigenvalue weighted by atomic mass is 16.5. The van der Waals surface area contributed by atoms with Crippen molar-refractivity contribution in [2.24, 2.45) is 0 Å². The monoisotopic (exact) mass is 238 g/mol. The molecule has 0 aromatic rings. The number of methoxy groups -OCH3 is 1. The quantitative estimate of drug-likeness (QED) is 0.415. The molecule has 0 saturated carbocycles. The van der Waals surface area contributed by atoms with E-state index < -0.39 is 6.10 Å². The highest BCUT2D eigenvalue weighted by Gasteiger charge is 2.21. The largest absolute Gasteiger partial charge is 0.490 e. The lowest BCUT2D eigenvalue weighted by molar-refractivity contribution is -0.115. The van der Waals surface area contributed by atoms with Gasteiger partial charge in [0.25, 0.3) is 0 Å². The van der Waals surface area contributed by atoms with E-state index in [0.29, 0.717) is 18.6 Å². The number of Topliss-reactive ketones (excluding diaryl/α,β-unsaturated/α-hetero) is 1. The Hall–Kier alpha value is -1.38. The van der Waals surface area contributed by atoms with Crippen molar-refractivity contribution < 1.29 is 19.4 Å². The molecule has 1 unspecified atom stereocenters. The van der Waals surface area contributed by atoms with Crippen LogP contribution < -0.4 is 0 Å². The molecule has 1 aliphatic carbocycles. The van der Waals surface area contributed by atoms with Gasteiger partial charge in [-0.15, -0.1) is 0 Å². The number of rotatable bonds is 7. The Morgan fingerprint density at radius 3 is 2.82 bits per heavy atom. The van der Waals surface area contributed by atoms with Gasteiger partial charge in [0.15, 0.2) is 17.5 Å². The number of aliphatic hydroxyl groups is 1. The Morgan fingerprint density at radius 2 is 2.29 bits per heavy atom. The average molecular weight is 238 g/mol. The van der Waals surface area contributed by atoms with Crippen LogP contribution in [0, 0.1) is 0 Å². The van der Waals surface area contributed by atoms with E-state index in [2.05, 4.69) is 0 Å². The molecule has 0 amide bonds. The standard InChI is InChI=1S/C13H18O4/c1-17-12(9-14)6-4-2-3-5-10-7-11(15)8-13(10)16/h7,11,15H,2-6,8H2,1H3. The summed E-state index contributed by atoms with van der Waals surface area (Å²) in [5.41, 5.74) is 0.746. The first-order chi connectivity index (χ1) is 8.17. The van der Waals surface area contributed by atoms with Gasteiger partial charge >= 0.3 is 0 Å². The molecule has 0 radical (unpaired) electrons. The Morgan fingerprint density at radius 1 is 1.53 bits per heavy atom. The zero-order chi connectivity index (χ0) is 12.7. The molecule has 0 saturated heterocycles. The summed E-state index contributed by atoms with van der Waals surface area (Å²) >= 11 is 0. The molecule has 0 aromatic carbocycles. The number of aliphatic hydroxyl groups excluding tert-OH is 1. The topological polar surface area (TPSA) is 63.6 Å². The molecule has 0 spiro atoms. The van der Waals surface area contributed by atoms with E-state index >= 15 is 0 Å². The second kappa shape index (κ2) is 7.05. The predicted molar refractivity (Wildman–Crippen MR) is 63.0 cm³/mol. The van der Waals surface area contributed by atoms with E-state index in [9.17, 15) is 14.7 Å². The van der Waals surface area contributed by atoms with Gasteiger partial charge in [0.05, 0.1) is 13.2 Å². The Kier molecular flexibility index (Phi) is 5.67. The van der Waals surface area contributed by atoms with Gasteiger partial charge in [-0.3, -0.25) is 4.79 Å². The number of carbonyl (C=O) groups is 1. The lowest BCUT2D eigenvalue weighted by atomic mass is 10.1. The third-order valence-electron chi connectivity index (χ3n) is 2.86. The maximum Gasteiger partial charge on any atom is 0.179 e. The minimum Gasteiger partial charge on any atom is -0.490 e. The molecule has 0 aliphatic heterocycles. The third kappa shape index (κ3) is 4.55. The number of ketones is 1. The summed E-state index contributed by atoms with van der Waals surface area (Å²) in [6.07, 6.45) is 5.26. The second-order valence-electron chi connectivity index (χ2n) is 4.18. The third-order valence-corrected chi connectivity index (χ3v) is 2.86. The summed E-state index contributed by atoms with van der Waals surface area (Å²) in [6, 6.07) is 0. The molecule has 1 atom stereocenters. The van der Waals surface area contributed by atoms with Crippen LogP contribution in [-0.2, 0) is 14.3 Å². The Bertz CT molecular complexity index is 350. The van der Waals surface area contributed by atoms with Crippen LogP contribution in [0.5, 0.6) is 0 Å². The maximum absolute atomic E-state index is 11.3. The first-order valence-electron chi connectivity index (χ1n) is 5.87. The van der Waals surface area contributed by atoms with Crippen molar-refractivity contribution in [3.8, 4) is 0 Å². The average Bonchev–Trinajstić information content (AvgIpc) is 2.62. The molecule has 0 heterocycles. The van der Waals surface area contributed by atoms with Gasteiger partial charge in [0.1, 0.15) is 0 Å². The number of allylic oxidation sites excluding steroid dienone is 2. The molecule has 94 valence electrons. The Balaban J connectivity index is 2.15. The van der Waals surface area contributed by atoms with Crippen molar-refractivity contribution in [3.63, 3.8) is 0 Å². The molecule has 4 heteroatoms. The van der Waals surface area contributed by atoms with E-state index in [-0.39, 0.29) is 12.2 Å². The summed E-state index contributed by atoms with van der Waals surface area (Å²) in [6.45, 7) is 0. The lowest BCUT2D eigenvalue weighted by Crippen LogP contribution is -2.01. The van der Waals surface area contributed by atoms with Gasteiger partial charge in [-0.05, 0) is 30.9 Å². The van der Waals surface area contributed by atoms with E-state index in [0.717, 1.165) is 24.8 Å². The number of carbonyl (C=O) groups excluding carboxylic acids is 2. The fourth-order valence-electron chi connectivity index (χ4n) is 1.90. The van der Waals surface area contributed by atoms with Crippen molar-refractivity contribution in [1.82, 2.24) is 0 Å². The normalized spacial score (nSPS) is 18.8. The Labute approximate surface area is 101 Å². The summed E-state index contributed by atoms with van der Waals surface area (Å²) in [7, 11) is 1.46. The maximum atomic E-state index is 11.3. The fourth-order valence-corrected chi connectivity index (χ4v) is 1.90. The van der Waals surface area contributed by atoms with Crippen LogP contribution in [-0.4, -0.2) is 30.0 Å². The summed E-state index contributed by atoms with van der Waals surface area (Å²) < 4.78 is 4.81. The van der Waals surface area contributed by atoms with Crippen LogP contribution in [0.2, 0.25) is 0 Å². The van der Waals surface area contributed by atoms with Gasteiger partial charge < -0.3 is 9.84 Å². The number of ether oxygens (including phenoxy) is 1. The van der Waals surface area contributed by atoms with Crippen LogP contribution in [0.15, 0.2) is 17.4 Å². The van der Waals surface area contributed by atoms with E-state index in [1.165, 1.54) is 7.11 Å². The highest BCUT2D eigenvalue weighted by molar-refractivity contribution is 5.98. The SMILES string of the molecule is COC(=C=O)CCCCCC1=CC(O)CC1=O. The van der Waals surface area contributed by atoms with Crippen LogP contribution in [0.3, 0.4) is 0 Å². The summed E-state index contributed by atoms with van der Waals surface area (Å²) in [5, 5.41) is 9.25. The number of unbranched alkanes of at least 4 members (excludes halogenated alkanes) is 2. The van der Waals surface area contributed by atoms with Gasteiger partial charge in [-0.2, -0.15) is 0 Å². The molecular formula is C13H18O4. The van der Waals surface area contributed by atoms with E-state index in [1.54, 1.807) is 12.0 Å². The van der Waals surface area contributed by atoms with Crippen molar-refractivity contribution in [1.29, 1.82) is 0 Å². The molecule has 0 aromatic heterocycles. The molecular weight excluding hydrogens is 220 g/mol. The van der Waals surface area contributed by atoms with Crippen molar-refractivity contribution in [3.05, 3.63) is 17.4 Å². The molecule has 1 aliphatic rings. The molecule has 1 N–H and O–H groups in total. The molecule has 17 heavy (non-hydrogen) atoms. The van der Waals surface area contributed by atoms with Crippen molar-refractivity contribution >= 4 is 11.7 Å². The van der Waals surface area contributed by atoms with Crippen LogP contribution in [0.4, 0.5) is 0 Å². The molecule has 0 bridgehead atoms. The lowest BCUT2D eigenvalue weighted by Gasteiger charge is -2.02. The van der Waals surface area contributed by atoms with E-state index in [1.807, 2.05) is 0 Å². The van der Waals surface area contributed by atoms with Gasteiger partial charge in [-0.25, -0.2) is 4.79 Å². The van der Waals surface area contributed by atoms with Gasteiger partial charge in [0, 0.05) is 12.8 Å². The minimum absolute atomic E-state index is 0.0582. The fraction of sp³-hybridized carbons (Fsp3) is 0.615. The summed E-state index contributed by atoms with van der Waals surface area (Å²) in [4.78, 5) is 21.7. The number of hydrogen-bond acceptors (Lipinski definition) is 4. The second-order valence-corrected chi connectivity index (χ2v) is 4.18. The van der Waals surface area contributed by atoms with Crippen LogP contribution >= 0.6 is 0 Å². The first-order valence-corrected chi connectivity index (χ1v) is 5.87. The minimum atomic E-state index is -0.587.